The topological polar surface area (TPSA) is 70.0 Å². The van der Waals surface area contributed by atoms with Gasteiger partial charge in [-0.25, -0.2) is 0 Å². The zero-order valence-corrected chi connectivity index (χ0v) is 11.2. The number of piperidine rings is 1. The Morgan fingerprint density at radius 3 is 2.89 bits per heavy atom. The van der Waals surface area contributed by atoms with Crippen molar-refractivity contribution < 1.29 is 10.5 Å². The molecule has 0 spiro atoms. The quantitative estimate of drug-likeness (QED) is 0.736. The highest BCUT2D eigenvalue weighted by atomic mass is 16.2. The van der Waals surface area contributed by atoms with Crippen LogP contribution in [0.2, 0.25) is 0 Å². The van der Waals surface area contributed by atoms with Gasteiger partial charge in [-0.05, 0) is 25.3 Å². The molecule has 1 aromatic heterocycles. The Bertz CT molecular complexity index is 564. The SMILES string of the molecule is C[C@H]([NH3+])C(=O)N1C[C@H]2C[C@@H](C1)c1cccc(=O)n1C2. The van der Waals surface area contributed by atoms with Crippen molar-refractivity contribution in [2.45, 2.75) is 31.8 Å². The van der Waals surface area contributed by atoms with Crippen molar-refractivity contribution in [1.82, 2.24) is 9.47 Å². The number of amides is 1. The molecule has 0 radical (unpaired) electrons. The fourth-order valence-corrected chi connectivity index (χ4v) is 3.39. The van der Waals surface area contributed by atoms with Crippen molar-refractivity contribution in [2.75, 3.05) is 13.1 Å². The summed E-state index contributed by atoms with van der Waals surface area (Å²) >= 11 is 0. The molecule has 3 N–H and O–H groups in total. The molecule has 3 heterocycles. The monoisotopic (exact) mass is 262 g/mol. The van der Waals surface area contributed by atoms with Gasteiger partial charge in [0.05, 0.1) is 0 Å². The third-order valence-electron chi connectivity index (χ3n) is 4.21. The van der Waals surface area contributed by atoms with Gasteiger partial charge in [0.15, 0.2) is 6.04 Å². The molecule has 5 nitrogen and oxygen atoms in total. The lowest BCUT2D eigenvalue weighted by Crippen LogP contribution is -2.67. The fourth-order valence-electron chi connectivity index (χ4n) is 3.39. The van der Waals surface area contributed by atoms with Crippen LogP contribution in [0.5, 0.6) is 0 Å². The summed E-state index contributed by atoms with van der Waals surface area (Å²) < 4.78 is 1.88. The second kappa shape index (κ2) is 4.49. The van der Waals surface area contributed by atoms with Gasteiger partial charge in [-0.15, -0.1) is 0 Å². The van der Waals surface area contributed by atoms with Crippen LogP contribution < -0.4 is 11.3 Å². The number of nitrogens with zero attached hydrogens (tertiary/aromatic N) is 2. The molecule has 0 unspecified atom stereocenters. The molecule has 2 aliphatic rings. The summed E-state index contributed by atoms with van der Waals surface area (Å²) in [5.74, 6) is 0.819. The summed E-state index contributed by atoms with van der Waals surface area (Å²) in [5, 5.41) is 0. The van der Waals surface area contributed by atoms with Gasteiger partial charge in [-0.2, -0.15) is 0 Å². The lowest BCUT2D eigenvalue weighted by Gasteiger charge is -2.42. The number of hydrogen-bond acceptors (Lipinski definition) is 2. The van der Waals surface area contributed by atoms with Gasteiger partial charge in [-0.3, -0.25) is 9.59 Å². The first kappa shape index (κ1) is 12.4. The van der Waals surface area contributed by atoms with Crippen LogP contribution in [-0.4, -0.2) is 34.5 Å². The minimum absolute atomic E-state index is 0.0810. The molecule has 1 amide bonds. The van der Waals surface area contributed by atoms with Crippen molar-refractivity contribution in [2.24, 2.45) is 5.92 Å². The number of hydrogen-bond donors (Lipinski definition) is 1. The number of pyridine rings is 1. The molecule has 0 aromatic carbocycles. The second-order valence-corrected chi connectivity index (χ2v) is 5.84. The Morgan fingerprint density at radius 2 is 2.16 bits per heavy atom. The Hall–Kier alpha value is -1.62. The predicted octanol–water partition coefficient (Wildman–Crippen LogP) is -0.576. The van der Waals surface area contributed by atoms with E-state index in [1.807, 2.05) is 28.5 Å². The zero-order valence-electron chi connectivity index (χ0n) is 11.2. The number of rotatable bonds is 1. The van der Waals surface area contributed by atoms with Crippen LogP contribution in [0.15, 0.2) is 23.0 Å². The van der Waals surface area contributed by atoms with Crippen molar-refractivity contribution in [1.29, 1.82) is 0 Å². The fraction of sp³-hybridized carbons (Fsp3) is 0.571. The van der Waals surface area contributed by atoms with Crippen LogP contribution in [0.3, 0.4) is 0 Å². The molecule has 2 bridgehead atoms. The minimum atomic E-state index is -0.197. The zero-order chi connectivity index (χ0) is 13.6. The maximum atomic E-state index is 12.1. The number of aromatic nitrogens is 1. The lowest BCUT2D eigenvalue weighted by atomic mass is 9.83. The molecule has 3 atom stereocenters. The third kappa shape index (κ3) is 2.08. The average Bonchev–Trinajstić information content (AvgIpc) is 2.39. The van der Waals surface area contributed by atoms with Gasteiger partial charge in [-0.1, -0.05) is 6.07 Å². The van der Waals surface area contributed by atoms with E-state index >= 15 is 0 Å². The smallest absolute Gasteiger partial charge is 0.280 e. The van der Waals surface area contributed by atoms with Crippen LogP contribution in [0.25, 0.3) is 0 Å². The first-order valence-corrected chi connectivity index (χ1v) is 6.88. The maximum Gasteiger partial charge on any atom is 0.280 e. The molecule has 102 valence electrons. The van der Waals surface area contributed by atoms with Crippen LogP contribution in [0.4, 0.5) is 0 Å². The lowest BCUT2D eigenvalue weighted by molar-refractivity contribution is -0.400. The van der Waals surface area contributed by atoms with Gasteiger partial charge in [0.1, 0.15) is 0 Å². The minimum Gasteiger partial charge on any atom is -0.348 e. The van der Waals surface area contributed by atoms with Gasteiger partial charge in [0, 0.05) is 37.3 Å². The Labute approximate surface area is 112 Å². The Morgan fingerprint density at radius 1 is 1.37 bits per heavy atom. The normalized spacial score (nSPS) is 26.7. The summed E-state index contributed by atoms with van der Waals surface area (Å²) in [6, 6.07) is 5.26. The van der Waals surface area contributed by atoms with E-state index in [4.69, 9.17) is 0 Å². The van der Waals surface area contributed by atoms with E-state index in [0.29, 0.717) is 11.8 Å². The predicted molar refractivity (Wildman–Crippen MR) is 70.5 cm³/mol. The van der Waals surface area contributed by atoms with Crippen LogP contribution >= 0.6 is 0 Å². The largest absolute Gasteiger partial charge is 0.348 e. The first-order chi connectivity index (χ1) is 9.06. The number of fused-ring (bicyclic) bond motifs is 4. The Balaban J connectivity index is 1.92. The average molecular weight is 262 g/mol. The van der Waals surface area contributed by atoms with E-state index in [9.17, 15) is 9.59 Å². The highest BCUT2D eigenvalue weighted by Gasteiger charge is 2.37. The standard InChI is InChI=1S/C14H19N3O2/c1-9(15)14(19)16-6-10-5-11(8-16)12-3-2-4-13(18)17(12)7-10/h2-4,9-11H,5-8,15H2,1H3/p+1/t9-,10+,11-/m0/s1. The van der Waals surface area contributed by atoms with Crippen molar-refractivity contribution in [3.63, 3.8) is 0 Å². The highest BCUT2D eigenvalue weighted by Crippen LogP contribution is 2.34. The number of carbonyl (C=O) groups is 1. The van der Waals surface area contributed by atoms with E-state index in [2.05, 4.69) is 5.73 Å². The van der Waals surface area contributed by atoms with Crippen LogP contribution in [0.1, 0.15) is 25.0 Å². The molecule has 5 heteroatoms. The van der Waals surface area contributed by atoms with E-state index in [0.717, 1.165) is 31.7 Å². The van der Waals surface area contributed by atoms with Crippen molar-refractivity contribution in [3.8, 4) is 0 Å². The number of quaternary nitrogens is 1. The summed E-state index contributed by atoms with van der Waals surface area (Å²) in [4.78, 5) is 25.9. The number of likely N-dealkylation sites (tertiary alicyclic amines) is 1. The molecule has 1 saturated heterocycles. The van der Waals surface area contributed by atoms with Crippen molar-refractivity contribution >= 4 is 5.91 Å². The maximum absolute atomic E-state index is 12.1. The second-order valence-electron chi connectivity index (χ2n) is 5.84. The molecule has 0 saturated carbocycles. The molecule has 1 aromatic rings. The van der Waals surface area contributed by atoms with Crippen LogP contribution in [-0.2, 0) is 11.3 Å². The first-order valence-electron chi connectivity index (χ1n) is 6.88. The molecular formula is C14H20N3O2+. The molecule has 3 rings (SSSR count). The van der Waals surface area contributed by atoms with E-state index in [1.54, 1.807) is 6.07 Å². The van der Waals surface area contributed by atoms with Gasteiger partial charge < -0.3 is 15.2 Å². The highest BCUT2D eigenvalue weighted by molar-refractivity contribution is 5.80. The van der Waals surface area contributed by atoms with E-state index in [1.165, 1.54) is 0 Å². The van der Waals surface area contributed by atoms with Gasteiger partial charge >= 0.3 is 0 Å². The van der Waals surface area contributed by atoms with Crippen molar-refractivity contribution in [3.05, 3.63) is 34.2 Å². The van der Waals surface area contributed by atoms with E-state index < -0.39 is 0 Å². The summed E-state index contributed by atoms with van der Waals surface area (Å²) in [6.45, 7) is 4.06. The molecule has 0 aliphatic carbocycles. The summed E-state index contributed by atoms with van der Waals surface area (Å²) in [6.07, 6.45) is 1.08. The molecule has 2 aliphatic heterocycles. The van der Waals surface area contributed by atoms with Crippen LogP contribution in [0, 0.1) is 5.92 Å². The van der Waals surface area contributed by atoms with Gasteiger partial charge in [0.25, 0.3) is 11.5 Å². The Kier molecular flexibility index (Phi) is 2.93. The summed E-state index contributed by atoms with van der Waals surface area (Å²) in [5.41, 5.74) is 4.98. The van der Waals surface area contributed by atoms with Gasteiger partial charge in [0.2, 0.25) is 0 Å². The third-order valence-corrected chi connectivity index (χ3v) is 4.21. The summed E-state index contributed by atoms with van der Waals surface area (Å²) in [7, 11) is 0. The van der Waals surface area contributed by atoms with E-state index in [-0.39, 0.29) is 17.5 Å². The number of carbonyl (C=O) groups excluding carboxylic acids is 1. The molecule has 19 heavy (non-hydrogen) atoms. The molecule has 1 fully saturated rings. The molecular weight excluding hydrogens is 242 g/mol.